The maximum absolute atomic E-state index is 12.1. The molecular formula is C15H13Cl2NO. The van der Waals surface area contributed by atoms with Gasteiger partial charge in [-0.1, -0.05) is 41.4 Å². The Hall–Kier alpha value is -1.51. The van der Waals surface area contributed by atoms with Gasteiger partial charge in [0.25, 0.3) is 5.91 Å². The number of halogens is 2. The third kappa shape index (κ3) is 3.72. The third-order valence-corrected chi connectivity index (χ3v) is 3.29. The van der Waals surface area contributed by atoms with E-state index in [1.807, 2.05) is 19.1 Å². The second kappa shape index (κ2) is 6.09. The molecule has 0 radical (unpaired) electrons. The van der Waals surface area contributed by atoms with Crippen molar-refractivity contribution in [2.24, 2.45) is 0 Å². The van der Waals surface area contributed by atoms with Crippen molar-refractivity contribution in [3.05, 3.63) is 69.7 Å². The van der Waals surface area contributed by atoms with Gasteiger partial charge >= 0.3 is 0 Å². The molecule has 0 aromatic heterocycles. The van der Waals surface area contributed by atoms with Crippen LogP contribution in [0.2, 0.25) is 10.0 Å². The van der Waals surface area contributed by atoms with Crippen molar-refractivity contribution in [1.29, 1.82) is 0 Å². The van der Waals surface area contributed by atoms with Crippen molar-refractivity contribution in [3.63, 3.8) is 0 Å². The van der Waals surface area contributed by atoms with Gasteiger partial charge in [-0.05, 0) is 42.8 Å². The van der Waals surface area contributed by atoms with E-state index in [2.05, 4.69) is 5.32 Å². The molecule has 0 spiro atoms. The van der Waals surface area contributed by atoms with Crippen LogP contribution in [0.1, 0.15) is 28.9 Å². The fourth-order valence-electron chi connectivity index (χ4n) is 1.74. The monoisotopic (exact) mass is 293 g/mol. The van der Waals surface area contributed by atoms with Crippen molar-refractivity contribution in [2.45, 2.75) is 13.0 Å². The third-order valence-electron chi connectivity index (χ3n) is 2.80. The smallest absolute Gasteiger partial charge is 0.251 e. The lowest BCUT2D eigenvalue weighted by atomic mass is 10.1. The second-order valence-corrected chi connectivity index (χ2v) is 5.13. The molecule has 98 valence electrons. The zero-order chi connectivity index (χ0) is 13.8. The maximum atomic E-state index is 12.1. The predicted molar refractivity (Wildman–Crippen MR) is 78.8 cm³/mol. The Bertz CT molecular complexity index is 581. The summed E-state index contributed by atoms with van der Waals surface area (Å²) in [4.78, 5) is 12.1. The molecule has 0 fully saturated rings. The summed E-state index contributed by atoms with van der Waals surface area (Å²) in [5, 5.41) is 4.14. The molecule has 4 heteroatoms. The van der Waals surface area contributed by atoms with E-state index in [4.69, 9.17) is 23.2 Å². The molecule has 2 aromatic rings. The summed E-state index contributed by atoms with van der Waals surface area (Å²) in [6, 6.07) is 14.2. The fourth-order valence-corrected chi connectivity index (χ4v) is 2.06. The van der Waals surface area contributed by atoms with Crippen LogP contribution in [-0.4, -0.2) is 5.91 Å². The normalized spacial score (nSPS) is 11.9. The lowest BCUT2D eigenvalue weighted by molar-refractivity contribution is 0.0940. The number of carbonyl (C=O) groups excluding carboxylic acids is 1. The van der Waals surface area contributed by atoms with Crippen molar-refractivity contribution >= 4 is 29.1 Å². The van der Waals surface area contributed by atoms with Crippen LogP contribution in [0.4, 0.5) is 0 Å². The average Bonchev–Trinajstić information content (AvgIpc) is 2.39. The average molecular weight is 294 g/mol. The largest absolute Gasteiger partial charge is 0.346 e. The van der Waals surface area contributed by atoms with Gasteiger partial charge in [0.05, 0.1) is 6.04 Å². The Morgan fingerprint density at radius 3 is 2.37 bits per heavy atom. The van der Waals surface area contributed by atoms with Gasteiger partial charge in [-0.3, -0.25) is 4.79 Å². The Balaban J connectivity index is 2.08. The predicted octanol–water partition coefficient (Wildman–Crippen LogP) is 4.48. The van der Waals surface area contributed by atoms with Gasteiger partial charge in [0.1, 0.15) is 0 Å². The van der Waals surface area contributed by atoms with E-state index in [1.165, 1.54) is 0 Å². The van der Waals surface area contributed by atoms with Crippen molar-refractivity contribution in [3.8, 4) is 0 Å². The van der Waals surface area contributed by atoms with Gasteiger partial charge in [-0.2, -0.15) is 0 Å². The van der Waals surface area contributed by atoms with Gasteiger partial charge in [-0.25, -0.2) is 0 Å². The molecule has 2 rings (SSSR count). The number of amides is 1. The van der Waals surface area contributed by atoms with Crippen molar-refractivity contribution < 1.29 is 4.79 Å². The standard InChI is InChI=1S/C15H13Cl2NO/c1-10(11-5-7-13(16)8-6-11)18-15(19)12-3-2-4-14(17)9-12/h2-10H,1H3,(H,18,19)/t10-/m0/s1. The first kappa shape index (κ1) is 13.9. The highest BCUT2D eigenvalue weighted by molar-refractivity contribution is 6.31. The number of hydrogen-bond donors (Lipinski definition) is 1. The zero-order valence-corrected chi connectivity index (χ0v) is 11.9. The molecular weight excluding hydrogens is 281 g/mol. The number of nitrogens with one attached hydrogen (secondary N) is 1. The van der Waals surface area contributed by atoms with E-state index in [0.29, 0.717) is 15.6 Å². The first-order chi connectivity index (χ1) is 9.06. The summed E-state index contributed by atoms with van der Waals surface area (Å²) >= 11 is 11.7. The molecule has 1 amide bonds. The topological polar surface area (TPSA) is 29.1 Å². The SMILES string of the molecule is C[C@H](NC(=O)c1cccc(Cl)c1)c1ccc(Cl)cc1. The van der Waals surface area contributed by atoms with E-state index in [9.17, 15) is 4.79 Å². The molecule has 0 unspecified atom stereocenters. The zero-order valence-electron chi connectivity index (χ0n) is 10.4. The summed E-state index contributed by atoms with van der Waals surface area (Å²) in [7, 11) is 0. The molecule has 0 heterocycles. The van der Waals surface area contributed by atoms with E-state index < -0.39 is 0 Å². The molecule has 2 nitrogen and oxygen atoms in total. The minimum absolute atomic E-state index is 0.0938. The highest BCUT2D eigenvalue weighted by Gasteiger charge is 2.11. The van der Waals surface area contributed by atoms with E-state index >= 15 is 0 Å². The molecule has 0 saturated carbocycles. The lowest BCUT2D eigenvalue weighted by Gasteiger charge is -2.14. The lowest BCUT2D eigenvalue weighted by Crippen LogP contribution is -2.26. The quantitative estimate of drug-likeness (QED) is 0.888. The van der Waals surface area contributed by atoms with E-state index in [-0.39, 0.29) is 11.9 Å². The summed E-state index contributed by atoms with van der Waals surface area (Å²) in [5.74, 6) is -0.148. The molecule has 0 saturated heterocycles. The minimum atomic E-state index is -0.148. The van der Waals surface area contributed by atoms with Crippen molar-refractivity contribution in [2.75, 3.05) is 0 Å². The highest BCUT2D eigenvalue weighted by Crippen LogP contribution is 2.17. The Morgan fingerprint density at radius 2 is 1.74 bits per heavy atom. The highest BCUT2D eigenvalue weighted by atomic mass is 35.5. The van der Waals surface area contributed by atoms with Gasteiger partial charge in [0.15, 0.2) is 0 Å². The molecule has 1 N–H and O–H groups in total. The van der Waals surface area contributed by atoms with Gasteiger partial charge in [0, 0.05) is 15.6 Å². The van der Waals surface area contributed by atoms with E-state index in [0.717, 1.165) is 5.56 Å². The summed E-state index contributed by atoms with van der Waals surface area (Å²) in [6.07, 6.45) is 0. The Kier molecular flexibility index (Phi) is 4.46. The van der Waals surface area contributed by atoms with E-state index in [1.54, 1.807) is 36.4 Å². The van der Waals surface area contributed by atoms with Crippen LogP contribution in [0.25, 0.3) is 0 Å². The van der Waals surface area contributed by atoms with Gasteiger partial charge < -0.3 is 5.32 Å². The molecule has 0 aliphatic heterocycles. The van der Waals surface area contributed by atoms with Gasteiger partial charge in [-0.15, -0.1) is 0 Å². The molecule has 2 aromatic carbocycles. The van der Waals surface area contributed by atoms with Crippen LogP contribution in [0.5, 0.6) is 0 Å². The fraction of sp³-hybridized carbons (Fsp3) is 0.133. The van der Waals surface area contributed by atoms with Crippen LogP contribution < -0.4 is 5.32 Å². The van der Waals surface area contributed by atoms with Crippen LogP contribution in [0.15, 0.2) is 48.5 Å². The number of hydrogen-bond acceptors (Lipinski definition) is 1. The molecule has 1 atom stereocenters. The summed E-state index contributed by atoms with van der Waals surface area (Å²) in [5.41, 5.74) is 1.55. The summed E-state index contributed by atoms with van der Waals surface area (Å²) in [6.45, 7) is 1.92. The molecule has 0 bridgehead atoms. The molecule has 0 aliphatic rings. The Morgan fingerprint density at radius 1 is 1.05 bits per heavy atom. The first-order valence-corrected chi connectivity index (χ1v) is 6.64. The molecule has 19 heavy (non-hydrogen) atoms. The Labute approximate surface area is 122 Å². The number of carbonyl (C=O) groups is 1. The van der Waals surface area contributed by atoms with Crippen LogP contribution in [0.3, 0.4) is 0 Å². The molecule has 0 aliphatic carbocycles. The van der Waals surface area contributed by atoms with Gasteiger partial charge in [0.2, 0.25) is 0 Å². The maximum Gasteiger partial charge on any atom is 0.251 e. The summed E-state index contributed by atoms with van der Waals surface area (Å²) < 4.78 is 0. The minimum Gasteiger partial charge on any atom is -0.346 e. The van der Waals surface area contributed by atoms with Crippen LogP contribution in [0, 0.1) is 0 Å². The van der Waals surface area contributed by atoms with Crippen LogP contribution >= 0.6 is 23.2 Å². The number of rotatable bonds is 3. The van der Waals surface area contributed by atoms with Crippen LogP contribution in [-0.2, 0) is 0 Å². The second-order valence-electron chi connectivity index (χ2n) is 4.26. The number of benzene rings is 2. The first-order valence-electron chi connectivity index (χ1n) is 5.88. The van der Waals surface area contributed by atoms with Crippen molar-refractivity contribution in [1.82, 2.24) is 5.32 Å².